The fourth-order valence-electron chi connectivity index (χ4n) is 9.37. The summed E-state index contributed by atoms with van der Waals surface area (Å²) in [6, 6.07) is 42.4. The lowest BCUT2D eigenvalue weighted by Crippen LogP contribution is -2.46. The second-order valence-corrected chi connectivity index (χ2v) is 13.7. The smallest absolute Gasteiger partial charge is 0.123 e. The molecule has 5 heteroatoms. The molecule has 0 amide bonds. The summed E-state index contributed by atoms with van der Waals surface area (Å²) < 4.78 is 34.5. The van der Waals surface area contributed by atoms with Crippen molar-refractivity contribution >= 4 is 0 Å². The molecule has 0 saturated carbocycles. The van der Waals surface area contributed by atoms with Gasteiger partial charge in [-0.3, -0.25) is 0 Å². The molecule has 0 saturated heterocycles. The van der Waals surface area contributed by atoms with Crippen LogP contribution in [0.3, 0.4) is 0 Å². The average molecular weight is 621 g/mol. The Morgan fingerprint density at radius 2 is 0.617 bits per heavy atom. The van der Waals surface area contributed by atoms with Gasteiger partial charge in [-0.15, -0.1) is 0 Å². The Morgan fingerprint density at radius 3 is 1.06 bits per heavy atom. The lowest BCUT2D eigenvalue weighted by atomic mass is 9.70. The molecule has 10 atom stereocenters. The predicted octanol–water partition coefficient (Wildman–Crippen LogP) is 8.75. The summed E-state index contributed by atoms with van der Waals surface area (Å²) in [4.78, 5) is 0. The molecule has 0 N–H and O–H groups in total. The maximum atomic E-state index is 7.14. The summed E-state index contributed by atoms with van der Waals surface area (Å²) in [5.41, 5.74) is 6.02. The third-order valence-electron chi connectivity index (χ3n) is 11.4. The molecule has 47 heavy (non-hydrogen) atoms. The molecule has 0 aliphatic carbocycles. The highest BCUT2D eigenvalue weighted by Crippen LogP contribution is 2.60. The SMILES string of the molecule is CC1Oc2ccccc2C1C1Oc2ccccc2C1C1Oc2ccccc2C1C1Oc2ccccc2C1C1Oc2ccccc2C1C. The molecule has 0 bridgehead atoms. The molecule has 10 rings (SSSR count). The highest BCUT2D eigenvalue weighted by molar-refractivity contribution is 5.54. The van der Waals surface area contributed by atoms with Gasteiger partial charge in [0.25, 0.3) is 0 Å². The molecular weight excluding hydrogens is 584 g/mol. The third-order valence-corrected chi connectivity index (χ3v) is 11.4. The first-order chi connectivity index (χ1) is 23.2. The lowest BCUT2D eigenvalue weighted by Gasteiger charge is -2.37. The van der Waals surface area contributed by atoms with Crippen molar-refractivity contribution in [3.8, 4) is 28.7 Å². The minimum Gasteiger partial charge on any atom is -0.490 e. The zero-order chi connectivity index (χ0) is 31.2. The van der Waals surface area contributed by atoms with Gasteiger partial charge in [-0.25, -0.2) is 0 Å². The van der Waals surface area contributed by atoms with Gasteiger partial charge < -0.3 is 23.7 Å². The van der Waals surface area contributed by atoms with Crippen LogP contribution in [0.2, 0.25) is 0 Å². The first-order valence-electron chi connectivity index (χ1n) is 16.9. The van der Waals surface area contributed by atoms with E-state index >= 15 is 0 Å². The summed E-state index contributed by atoms with van der Waals surface area (Å²) >= 11 is 0. The fraction of sp³-hybridized carbons (Fsp3) is 0.286. The highest BCUT2D eigenvalue weighted by Gasteiger charge is 2.59. The first-order valence-corrected chi connectivity index (χ1v) is 16.9. The van der Waals surface area contributed by atoms with E-state index in [1.165, 1.54) is 27.8 Å². The van der Waals surface area contributed by atoms with E-state index in [9.17, 15) is 0 Å². The molecule has 5 heterocycles. The van der Waals surface area contributed by atoms with Crippen LogP contribution < -0.4 is 23.7 Å². The van der Waals surface area contributed by atoms with E-state index in [2.05, 4.69) is 129 Å². The number of rotatable bonds is 4. The van der Waals surface area contributed by atoms with Crippen LogP contribution in [0, 0.1) is 0 Å². The normalized spacial score (nSPS) is 32.0. The highest BCUT2D eigenvalue weighted by atomic mass is 16.5. The van der Waals surface area contributed by atoms with Gasteiger partial charge in [0.15, 0.2) is 0 Å². The molecule has 5 aromatic carbocycles. The van der Waals surface area contributed by atoms with Crippen molar-refractivity contribution < 1.29 is 23.7 Å². The molecular formula is C42H36O5. The Bertz CT molecular complexity index is 2000. The van der Waals surface area contributed by atoms with Crippen molar-refractivity contribution in [2.45, 2.75) is 74.0 Å². The van der Waals surface area contributed by atoms with E-state index in [0.29, 0.717) is 0 Å². The van der Waals surface area contributed by atoms with E-state index in [1.807, 2.05) is 6.07 Å². The number of fused-ring (bicyclic) bond motifs is 5. The van der Waals surface area contributed by atoms with Crippen molar-refractivity contribution in [2.75, 3.05) is 0 Å². The van der Waals surface area contributed by atoms with E-state index in [4.69, 9.17) is 23.7 Å². The summed E-state index contributed by atoms with van der Waals surface area (Å²) in [7, 11) is 0. The van der Waals surface area contributed by atoms with Crippen LogP contribution in [0.5, 0.6) is 28.7 Å². The predicted molar refractivity (Wildman–Crippen MR) is 179 cm³/mol. The Balaban J connectivity index is 1.12. The molecule has 0 fully saturated rings. The molecule has 234 valence electrons. The first kappa shape index (κ1) is 27.2. The zero-order valence-electron chi connectivity index (χ0n) is 26.4. The molecule has 5 aromatic rings. The minimum absolute atomic E-state index is 0.00124. The Morgan fingerprint density at radius 1 is 0.319 bits per heavy atom. The minimum atomic E-state index is -0.234. The maximum absolute atomic E-state index is 7.14. The Kier molecular flexibility index (Phi) is 5.97. The van der Waals surface area contributed by atoms with Crippen molar-refractivity contribution in [1.82, 2.24) is 0 Å². The van der Waals surface area contributed by atoms with Crippen LogP contribution in [0.15, 0.2) is 121 Å². The number of para-hydroxylation sites is 5. The molecule has 5 aliphatic heterocycles. The third kappa shape index (κ3) is 3.95. The van der Waals surface area contributed by atoms with Crippen molar-refractivity contribution in [3.05, 3.63) is 149 Å². The maximum Gasteiger partial charge on any atom is 0.123 e. The number of hydrogen-bond donors (Lipinski definition) is 0. The molecule has 10 unspecified atom stereocenters. The fourth-order valence-corrected chi connectivity index (χ4v) is 9.37. The van der Waals surface area contributed by atoms with Gasteiger partial charge in [0.1, 0.15) is 59.3 Å². The average Bonchev–Trinajstić information content (AvgIpc) is 3.90. The second-order valence-electron chi connectivity index (χ2n) is 13.7. The van der Waals surface area contributed by atoms with Crippen LogP contribution >= 0.6 is 0 Å². The summed E-state index contributed by atoms with van der Waals surface area (Å²) in [6.07, 6.45) is -0.737. The van der Waals surface area contributed by atoms with E-state index < -0.39 is 0 Å². The van der Waals surface area contributed by atoms with Crippen LogP contribution in [0.1, 0.15) is 71.3 Å². The van der Waals surface area contributed by atoms with Crippen LogP contribution in [0.4, 0.5) is 0 Å². The van der Waals surface area contributed by atoms with Crippen molar-refractivity contribution in [2.24, 2.45) is 0 Å². The van der Waals surface area contributed by atoms with Crippen LogP contribution in [0.25, 0.3) is 0 Å². The van der Waals surface area contributed by atoms with E-state index in [0.717, 1.165) is 28.7 Å². The lowest BCUT2D eigenvalue weighted by molar-refractivity contribution is 0.0288. The van der Waals surface area contributed by atoms with Gasteiger partial charge >= 0.3 is 0 Å². The van der Waals surface area contributed by atoms with Crippen LogP contribution in [-0.4, -0.2) is 30.5 Å². The molecule has 5 nitrogen and oxygen atoms in total. The number of hydrogen-bond acceptors (Lipinski definition) is 5. The van der Waals surface area contributed by atoms with Gasteiger partial charge in [-0.2, -0.15) is 0 Å². The van der Waals surface area contributed by atoms with Gasteiger partial charge in [-0.05, 0) is 37.3 Å². The Labute approximate surface area is 275 Å². The summed E-state index contributed by atoms with van der Waals surface area (Å²) in [5, 5.41) is 0. The monoisotopic (exact) mass is 620 g/mol. The Hall–Kier alpha value is -4.90. The number of benzene rings is 5. The zero-order valence-corrected chi connectivity index (χ0v) is 26.4. The van der Waals surface area contributed by atoms with Gasteiger partial charge in [-0.1, -0.05) is 97.9 Å². The standard InChI is InChI=1S/C42H36O5/c1-23-25-13-3-8-18-30(25)44-39(23)36-27-15-5-10-20-32(27)46-41(36)38-29-17-7-12-22-34(29)47-42(38)37-28-16-6-11-21-33(28)45-40(37)35-24(2)43-31-19-9-4-14-26(31)35/h3-24,35-42H,1-2H3. The van der Waals surface area contributed by atoms with E-state index in [1.54, 1.807) is 0 Å². The number of ether oxygens (including phenoxy) is 5. The molecule has 5 aliphatic rings. The molecule has 0 aromatic heterocycles. The largest absolute Gasteiger partial charge is 0.490 e. The van der Waals surface area contributed by atoms with Crippen LogP contribution in [-0.2, 0) is 0 Å². The van der Waals surface area contributed by atoms with Gasteiger partial charge in [0, 0.05) is 33.7 Å². The molecule has 0 spiro atoms. The quantitative estimate of drug-likeness (QED) is 0.201. The van der Waals surface area contributed by atoms with E-state index in [-0.39, 0.29) is 60.1 Å². The molecule has 0 radical (unpaired) electrons. The second kappa shape index (κ2) is 10.3. The van der Waals surface area contributed by atoms with Gasteiger partial charge in [0.05, 0.1) is 23.7 Å². The van der Waals surface area contributed by atoms with Crippen molar-refractivity contribution in [3.63, 3.8) is 0 Å². The topological polar surface area (TPSA) is 46.2 Å². The van der Waals surface area contributed by atoms with Gasteiger partial charge in [0.2, 0.25) is 0 Å². The summed E-state index contributed by atoms with van der Waals surface area (Å²) in [5.74, 6) is 4.82. The van der Waals surface area contributed by atoms with Crippen molar-refractivity contribution in [1.29, 1.82) is 0 Å². The summed E-state index contributed by atoms with van der Waals surface area (Å²) in [6.45, 7) is 4.46.